The quantitative estimate of drug-likeness (QED) is 0.776. The second-order valence-corrected chi connectivity index (χ2v) is 5.72. The van der Waals surface area contributed by atoms with Crippen molar-refractivity contribution in [2.45, 2.75) is 38.6 Å². The summed E-state index contributed by atoms with van der Waals surface area (Å²) >= 11 is 0. The van der Waals surface area contributed by atoms with Crippen LogP contribution in [-0.2, 0) is 4.79 Å². The number of hydrogen-bond acceptors (Lipinski definition) is 2. The van der Waals surface area contributed by atoms with E-state index in [-0.39, 0.29) is 12.4 Å². The number of nitrogens with one attached hydrogen (secondary N) is 1. The number of fused-ring (bicyclic) bond motifs is 1. The van der Waals surface area contributed by atoms with Crippen molar-refractivity contribution in [2.75, 3.05) is 19.6 Å². The molecule has 3 aliphatic rings. The topological polar surface area (TPSA) is 32.3 Å². The molecule has 1 saturated heterocycles. The average Bonchev–Trinajstić information content (AvgIpc) is 3.03. The van der Waals surface area contributed by atoms with Crippen LogP contribution < -0.4 is 5.32 Å². The monoisotopic (exact) mass is 258 g/mol. The number of carbonyl (C=O) groups is 1. The highest BCUT2D eigenvalue weighted by molar-refractivity contribution is 5.85. The Bertz CT molecular complexity index is 285. The van der Waals surface area contributed by atoms with Gasteiger partial charge in [-0.25, -0.2) is 0 Å². The normalized spacial score (nSPS) is 40.2. The lowest BCUT2D eigenvalue weighted by Gasteiger charge is -2.34. The lowest BCUT2D eigenvalue weighted by atomic mass is 10.0. The third kappa shape index (κ3) is 2.32. The van der Waals surface area contributed by atoms with Gasteiger partial charge in [-0.3, -0.25) is 4.79 Å². The van der Waals surface area contributed by atoms with Crippen molar-refractivity contribution >= 4 is 18.3 Å². The molecule has 0 aromatic carbocycles. The fraction of sp³-hybridized carbons (Fsp3) is 0.923. The van der Waals surface area contributed by atoms with E-state index in [1.54, 1.807) is 0 Å². The van der Waals surface area contributed by atoms with Crippen LogP contribution >= 0.6 is 12.4 Å². The first-order valence-corrected chi connectivity index (χ1v) is 6.80. The molecule has 1 aliphatic heterocycles. The molecule has 2 unspecified atom stereocenters. The van der Waals surface area contributed by atoms with Gasteiger partial charge in [-0.1, -0.05) is 12.8 Å². The SMILES string of the molecule is C[C@@H]1CNCCN1C(=O)C1C2CCCCC21.Cl. The summed E-state index contributed by atoms with van der Waals surface area (Å²) in [4.78, 5) is 14.6. The first-order valence-electron chi connectivity index (χ1n) is 6.80. The third-order valence-electron chi connectivity index (χ3n) is 4.73. The summed E-state index contributed by atoms with van der Waals surface area (Å²) < 4.78 is 0. The number of halogens is 1. The van der Waals surface area contributed by atoms with Gasteiger partial charge in [-0.05, 0) is 31.6 Å². The highest BCUT2D eigenvalue weighted by atomic mass is 35.5. The first kappa shape index (κ1) is 13.2. The van der Waals surface area contributed by atoms with Crippen molar-refractivity contribution in [3.63, 3.8) is 0 Å². The Labute approximate surface area is 110 Å². The molecule has 0 bridgehead atoms. The van der Waals surface area contributed by atoms with Gasteiger partial charge in [0.2, 0.25) is 5.91 Å². The van der Waals surface area contributed by atoms with E-state index >= 15 is 0 Å². The molecule has 17 heavy (non-hydrogen) atoms. The van der Waals surface area contributed by atoms with E-state index in [0.29, 0.717) is 17.9 Å². The standard InChI is InChI=1S/C13H22N2O.ClH/c1-9-8-14-6-7-15(9)13(16)12-10-4-2-3-5-11(10)12;/h9-12,14H,2-8H2,1H3;1H/t9-,10?,11?,12?;/m1./s1. The van der Waals surface area contributed by atoms with Crippen LogP contribution in [0.4, 0.5) is 0 Å². The van der Waals surface area contributed by atoms with Crippen LogP contribution in [0.5, 0.6) is 0 Å². The second-order valence-electron chi connectivity index (χ2n) is 5.72. The Kier molecular flexibility index (Phi) is 3.99. The number of amides is 1. The molecule has 0 aromatic heterocycles. The van der Waals surface area contributed by atoms with Crippen LogP contribution in [0.2, 0.25) is 0 Å². The number of rotatable bonds is 1. The Morgan fingerprint density at radius 2 is 1.88 bits per heavy atom. The van der Waals surface area contributed by atoms with E-state index in [0.717, 1.165) is 31.5 Å². The zero-order chi connectivity index (χ0) is 11.1. The Morgan fingerprint density at radius 1 is 1.24 bits per heavy atom. The van der Waals surface area contributed by atoms with E-state index in [1.807, 2.05) is 0 Å². The van der Waals surface area contributed by atoms with Crippen LogP contribution in [0, 0.1) is 17.8 Å². The highest BCUT2D eigenvalue weighted by Gasteiger charge is 2.56. The van der Waals surface area contributed by atoms with Crippen molar-refractivity contribution in [3.05, 3.63) is 0 Å². The summed E-state index contributed by atoms with van der Waals surface area (Å²) in [5.74, 6) is 2.38. The average molecular weight is 259 g/mol. The van der Waals surface area contributed by atoms with Gasteiger partial charge in [-0.2, -0.15) is 0 Å². The minimum atomic E-state index is 0. The fourth-order valence-corrected chi connectivity index (χ4v) is 3.72. The molecule has 0 spiro atoms. The molecule has 0 aromatic rings. The number of carbonyl (C=O) groups excluding carboxylic acids is 1. The molecule has 4 heteroatoms. The minimum Gasteiger partial charge on any atom is -0.337 e. The molecule has 3 atom stereocenters. The van der Waals surface area contributed by atoms with Gasteiger partial charge in [0.1, 0.15) is 0 Å². The maximum absolute atomic E-state index is 12.4. The minimum absolute atomic E-state index is 0. The fourth-order valence-electron chi connectivity index (χ4n) is 3.72. The molecule has 1 heterocycles. The number of hydrogen-bond donors (Lipinski definition) is 1. The summed E-state index contributed by atoms with van der Waals surface area (Å²) in [5, 5.41) is 3.35. The van der Waals surface area contributed by atoms with E-state index in [2.05, 4.69) is 17.1 Å². The summed E-state index contributed by atoms with van der Waals surface area (Å²) in [6, 6.07) is 0.393. The molecule has 3 fully saturated rings. The predicted molar refractivity (Wildman–Crippen MR) is 70.2 cm³/mol. The highest BCUT2D eigenvalue weighted by Crippen LogP contribution is 2.56. The van der Waals surface area contributed by atoms with Crippen LogP contribution in [0.1, 0.15) is 32.6 Å². The van der Waals surface area contributed by atoms with Crippen molar-refractivity contribution in [3.8, 4) is 0 Å². The number of piperazine rings is 1. The zero-order valence-corrected chi connectivity index (χ0v) is 11.3. The maximum Gasteiger partial charge on any atom is 0.226 e. The zero-order valence-electron chi connectivity index (χ0n) is 10.5. The van der Waals surface area contributed by atoms with Gasteiger partial charge >= 0.3 is 0 Å². The molecule has 0 radical (unpaired) electrons. The summed E-state index contributed by atoms with van der Waals surface area (Å²) in [6.07, 6.45) is 5.31. The molecule has 3 nitrogen and oxygen atoms in total. The lowest BCUT2D eigenvalue weighted by Crippen LogP contribution is -2.53. The predicted octanol–water partition coefficient (Wildman–Crippen LogP) is 1.66. The van der Waals surface area contributed by atoms with Crippen molar-refractivity contribution < 1.29 is 4.79 Å². The lowest BCUT2D eigenvalue weighted by molar-refractivity contribution is -0.136. The second kappa shape index (κ2) is 5.15. The van der Waals surface area contributed by atoms with Crippen molar-refractivity contribution in [1.29, 1.82) is 0 Å². The van der Waals surface area contributed by atoms with Crippen molar-refractivity contribution in [1.82, 2.24) is 10.2 Å². The molecular formula is C13H23ClN2O. The summed E-state index contributed by atoms with van der Waals surface area (Å²) in [5.41, 5.74) is 0. The Hall–Kier alpha value is -0.280. The van der Waals surface area contributed by atoms with E-state index in [1.165, 1.54) is 25.7 Å². The van der Waals surface area contributed by atoms with Crippen molar-refractivity contribution in [2.24, 2.45) is 17.8 Å². The van der Waals surface area contributed by atoms with E-state index in [4.69, 9.17) is 0 Å². The first-order chi connectivity index (χ1) is 7.79. The molecule has 1 N–H and O–H groups in total. The Morgan fingerprint density at radius 3 is 2.47 bits per heavy atom. The molecule has 3 rings (SSSR count). The summed E-state index contributed by atoms with van der Waals surface area (Å²) in [7, 11) is 0. The van der Waals surface area contributed by atoms with Gasteiger partial charge in [0.05, 0.1) is 0 Å². The van der Waals surface area contributed by atoms with Gasteiger partial charge < -0.3 is 10.2 Å². The largest absolute Gasteiger partial charge is 0.337 e. The molecule has 1 amide bonds. The third-order valence-corrected chi connectivity index (χ3v) is 4.73. The number of nitrogens with zero attached hydrogens (tertiary/aromatic N) is 1. The molecule has 2 saturated carbocycles. The Balaban J connectivity index is 0.00000108. The van der Waals surface area contributed by atoms with E-state index < -0.39 is 0 Å². The maximum atomic E-state index is 12.4. The van der Waals surface area contributed by atoms with Crippen LogP contribution in [0.15, 0.2) is 0 Å². The van der Waals surface area contributed by atoms with Gasteiger partial charge in [-0.15, -0.1) is 12.4 Å². The smallest absolute Gasteiger partial charge is 0.226 e. The van der Waals surface area contributed by atoms with Crippen LogP contribution in [0.3, 0.4) is 0 Å². The van der Waals surface area contributed by atoms with Gasteiger partial charge in [0, 0.05) is 31.6 Å². The van der Waals surface area contributed by atoms with Crippen LogP contribution in [0.25, 0.3) is 0 Å². The molecule has 98 valence electrons. The molecular weight excluding hydrogens is 236 g/mol. The van der Waals surface area contributed by atoms with Crippen LogP contribution in [-0.4, -0.2) is 36.5 Å². The summed E-state index contributed by atoms with van der Waals surface area (Å²) in [6.45, 7) is 5.01. The van der Waals surface area contributed by atoms with Gasteiger partial charge in [0.15, 0.2) is 0 Å². The molecule has 2 aliphatic carbocycles. The van der Waals surface area contributed by atoms with E-state index in [9.17, 15) is 4.79 Å². The van der Waals surface area contributed by atoms with Gasteiger partial charge in [0.25, 0.3) is 0 Å².